The lowest BCUT2D eigenvalue weighted by atomic mass is 10.2. The van der Waals surface area contributed by atoms with Crippen LogP contribution in [0.15, 0.2) is 23.1 Å². The molecule has 144 valence electrons. The average Bonchev–Trinajstić information content (AvgIpc) is 2.59. The van der Waals surface area contributed by atoms with Gasteiger partial charge in [-0.1, -0.05) is 0 Å². The van der Waals surface area contributed by atoms with Gasteiger partial charge in [0.1, 0.15) is 11.2 Å². The zero-order chi connectivity index (χ0) is 20.1. The Bertz CT molecular complexity index is 949. The molecule has 0 aliphatic rings. The smallest absolute Gasteiger partial charge is 0.344 e. The third kappa shape index (κ3) is 4.90. The molecule has 0 spiro atoms. The molecular weight excluding hydrogens is 352 g/mol. The number of aromatic nitrogens is 2. The highest BCUT2D eigenvalue weighted by Gasteiger charge is 2.19. The van der Waals surface area contributed by atoms with Crippen molar-refractivity contribution in [2.75, 3.05) is 6.61 Å². The molecule has 0 aromatic carbocycles. The molecule has 3 amide bonds. The topological polar surface area (TPSA) is 119 Å². The number of ether oxygens (including phenoxy) is 1. The summed E-state index contributed by atoms with van der Waals surface area (Å²) in [5.41, 5.74) is 0.498. The first kappa shape index (κ1) is 20.1. The molecule has 2 N–H and O–H groups in total. The van der Waals surface area contributed by atoms with Crippen molar-refractivity contribution in [1.29, 1.82) is 0 Å². The molecule has 0 saturated heterocycles. The molecule has 27 heavy (non-hydrogen) atoms. The van der Waals surface area contributed by atoms with Crippen LogP contribution >= 0.6 is 0 Å². The van der Waals surface area contributed by atoms with Crippen molar-refractivity contribution in [3.63, 3.8) is 0 Å². The van der Waals surface area contributed by atoms with Crippen molar-refractivity contribution in [1.82, 2.24) is 20.2 Å². The van der Waals surface area contributed by atoms with Gasteiger partial charge in [-0.3, -0.25) is 14.9 Å². The molecule has 2 heterocycles. The van der Waals surface area contributed by atoms with E-state index in [1.54, 1.807) is 37.5 Å². The zero-order valence-electron chi connectivity index (χ0n) is 15.7. The first-order valence-electron chi connectivity index (χ1n) is 8.51. The standard InChI is InChI=1S/C18H22N4O5/c1-5-22-8-13(15(24)12-7-6-11(4)20-16(12)22)17(25)27-9-14(23)21-18(26)19-10(2)3/h6-8,10H,5,9H2,1-4H3,(H2,19,21,23,26). The number of nitrogens with one attached hydrogen (secondary N) is 2. The van der Waals surface area contributed by atoms with E-state index in [9.17, 15) is 19.2 Å². The maximum atomic E-state index is 12.6. The van der Waals surface area contributed by atoms with E-state index in [0.717, 1.165) is 5.69 Å². The van der Waals surface area contributed by atoms with Crippen LogP contribution < -0.4 is 16.1 Å². The number of rotatable bonds is 5. The predicted molar refractivity (Wildman–Crippen MR) is 98.5 cm³/mol. The third-order valence-electron chi connectivity index (χ3n) is 3.63. The summed E-state index contributed by atoms with van der Waals surface area (Å²) in [7, 11) is 0. The number of amides is 3. The second kappa shape index (κ2) is 8.43. The van der Waals surface area contributed by atoms with Gasteiger partial charge in [-0.25, -0.2) is 14.6 Å². The van der Waals surface area contributed by atoms with Crippen LogP contribution in [0, 0.1) is 6.92 Å². The van der Waals surface area contributed by atoms with Gasteiger partial charge in [0.15, 0.2) is 6.61 Å². The third-order valence-corrected chi connectivity index (χ3v) is 3.63. The Labute approximate surface area is 155 Å². The van der Waals surface area contributed by atoms with Gasteiger partial charge in [0.2, 0.25) is 5.43 Å². The number of carbonyl (C=O) groups excluding carboxylic acids is 3. The summed E-state index contributed by atoms with van der Waals surface area (Å²) in [5.74, 6) is -1.74. The van der Waals surface area contributed by atoms with Crippen molar-refractivity contribution in [2.45, 2.75) is 40.3 Å². The largest absolute Gasteiger partial charge is 0.452 e. The number of nitrogens with zero attached hydrogens (tertiary/aromatic N) is 2. The molecule has 0 unspecified atom stereocenters. The molecule has 9 heteroatoms. The van der Waals surface area contributed by atoms with Crippen molar-refractivity contribution in [2.24, 2.45) is 0 Å². The lowest BCUT2D eigenvalue weighted by Crippen LogP contribution is -2.44. The van der Waals surface area contributed by atoms with Gasteiger partial charge in [0.05, 0.1) is 5.39 Å². The highest BCUT2D eigenvalue weighted by atomic mass is 16.5. The first-order valence-corrected chi connectivity index (χ1v) is 8.51. The highest BCUT2D eigenvalue weighted by Crippen LogP contribution is 2.11. The molecule has 0 fully saturated rings. The average molecular weight is 374 g/mol. The lowest BCUT2D eigenvalue weighted by Gasteiger charge is -2.11. The van der Waals surface area contributed by atoms with Gasteiger partial charge >= 0.3 is 12.0 Å². The molecular formula is C18H22N4O5. The van der Waals surface area contributed by atoms with Crippen molar-refractivity contribution >= 4 is 28.9 Å². The highest BCUT2D eigenvalue weighted by molar-refractivity contribution is 5.97. The summed E-state index contributed by atoms with van der Waals surface area (Å²) in [4.78, 5) is 52.3. The van der Waals surface area contributed by atoms with Crippen LogP contribution in [0.1, 0.15) is 36.8 Å². The van der Waals surface area contributed by atoms with Gasteiger partial charge in [-0.15, -0.1) is 0 Å². The normalized spacial score (nSPS) is 10.7. The van der Waals surface area contributed by atoms with Crippen LogP contribution in [0.3, 0.4) is 0 Å². The summed E-state index contributed by atoms with van der Waals surface area (Å²) >= 11 is 0. The molecule has 0 bridgehead atoms. The summed E-state index contributed by atoms with van der Waals surface area (Å²) in [6.07, 6.45) is 1.36. The molecule has 2 rings (SSSR count). The van der Waals surface area contributed by atoms with Crippen molar-refractivity contribution < 1.29 is 19.1 Å². The van der Waals surface area contributed by atoms with Crippen LogP contribution in [-0.2, 0) is 16.1 Å². The van der Waals surface area contributed by atoms with E-state index in [2.05, 4.69) is 10.3 Å². The van der Waals surface area contributed by atoms with Crippen LogP contribution in [0.25, 0.3) is 11.0 Å². The monoisotopic (exact) mass is 374 g/mol. The molecule has 0 saturated carbocycles. The number of hydrogen-bond donors (Lipinski definition) is 2. The number of urea groups is 1. The van der Waals surface area contributed by atoms with Gasteiger partial charge in [-0.05, 0) is 39.8 Å². The fourth-order valence-electron chi connectivity index (χ4n) is 2.42. The minimum absolute atomic E-state index is 0.150. The number of imide groups is 1. The Balaban J connectivity index is 2.17. The van der Waals surface area contributed by atoms with Gasteiger partial charge in [0.25, 0.3) is 5.91 Å². The van der Waals surface area contributed by atoms with Crippen molar-refractivity contribution in [3.8, 4) is 0 Å². The maximum absolute atomic E-state index is 12.6. The van der Waals surface area contributed by atoms with E-state index in [0.29, 0.717) is 12.2 Å². The SMILES string of the molecule is CCn1cc(C(=O)OCC(=O)NC(=O)NC(C)C)c(=O)c2ccc(C)nc21. The number of esters is 1. The maximum Gasteiger partial charge on any atom is 0.344 e. The number of carbonyl (C=O) groups is 3. The molecule has 0 atom stereocenters. The number of pyridine rings is 2. The van der Waals surface area contributed by atoms with Gasteiger partial charge < -0.3 is 14.6 Å². The molecule has 9 nitrogen and oxygen atoms in total. The van der Waals surface area contributed by atoms with Crippen LogP contribution in [0.2, 0.25) is 0 Å². The Hall–Kier alpha value is -3.23. The minimum Gasteiger partial charge on any atom is -0.452 e. The summed E-state index contributed by atoms with van der Waals surface area (Å²) < 4.78 is 6.55. The number of fused-ring (bicyclic) bond motifs is 1. The second-order valence-corrected chi connectivity index (χ2v) is 6.23. The molecule has 0 aliphatic heterocycles. The fraction of sp³-hybridized carbons (Fsp3) is 0.389. The second-order valence-electron chi connectivity index (χ2n) is 6.23. The number of hydrogen-bond acceptors (Lipinski definition) is 6. The Morgan fingerprint density at radius 2 is 1.96 bits per heavy atom. The van der Waals surface area contributed by atoms with Crippen molar-refractivity contribution in [3.05, 3.63) is 39.8 Å². The summed E-state index contributed by atoms with van der Waals surface area (Å²) in [6, 6.07) is 2.44. The fourth-order valence-corrected chi connectivity index (χ4v) is 2.42. The molecule has 0 aliphatic carbocycles. The van der Waals surface area contributed by atoms with E-state index < -0.39 is 29.9 Å². The zero-order valence-corrected chi connectivity index (χ0v) is 15.7. The Morgan fingerprint density at radius 3 is 2.59 bits per heavy atom. The minimum atomic E-state index is -0.941. The van der Waals surface area contributed by atoms with E-state index >= 15 is 0 Å². The Kier molecular flexibility index (Phi) is 6.27. The van der Waals surface area contributed by atoms with E-state index in [1.165, 1.54) is 6.20 Å². The summed E-state index contributed by atoms with van der Waals surface area (Å²) in [5, 5.41) is 4.79. The van der Waals surface area contributed by atoms with Gasteiger partial charge in [-0.2, -0.15) is 0 Å². The Morgan fingerprint density at radius 1 is 1.26 bits per heavy atom. The number of aryl methyl sites for hydroxylation is 2. The lowest BCUT2D eigenvalue weighted by molar-refractivity contribution is -0.123. The van der Waals surface area contributed by atoms with E-state index in [4.69, 9.17) is 4.74 Å². The van der Waals surface area contributed by atoms with Gasteiger partial charge in [0, 0.05) is 24.5 Å². The van der Waals surface area contributed by atoms with Crippen LogP contribution in [0.4, 0.5) is 4.79 Å². The van der Waals surface area contributed by atoms with Crippen LogP contribution in [-0.4, -0.2) is 40.1 Å². The molecule has 2 aromatic rings. The van der Waals surface area contributed by atoms with E-state index in [1.807, 2.05) is 12.2 Å². The van der Waals surface area contributed by atoms with E-state index in [-0.39, 0.29) is 17.0 Å². The molecule has 2 aromatic heterocycles. The summed E-state index contributed by atoms with van der Waals surface area (Å²) in [6.45, 7) is 6.94. The predicted octanol–water partition coefficient (Wildman–Crippen LogP) is 1.12. The molecule has 0 radical (unpaired) electrons. The first-order chi connectivity index (χ1) is 12.7. The van der Waals surface area contributed by atoms with Crippen LogP contribution in [0.5, 0.6) is 0 Å². The quantitative estimate of drug-likeness (QED) is 0.757.